The second-order valence-corrected chi connectivity index (χ2v) is 4.64. The molecule has 1 aliphatic rings. The molecule has 1 aliphatic carbocycles. The third kappa shape index (κ3) is 2.47. The summed E-state index contributed by atoms with van der Waals surface area (Å²) in [6, 6.07) is 0. The highest BCUT2D eigenvalue weighted by atomic mass is 16.2. The lowest BCUT2D eigenvalue weighted by Gasteiger charge is -2.28. The number of amides is 1. The van der Waals surface area contributed by atoms with Crippen molar-refractivity contribution >= 4 is 5.91 Å². The molecule has 1 amide bonds. The molecule has 0 saturated heterocycles. The number of rotatable bonds is 4. The van der Waals surface area contributed by atoms with Crippen LogP contribution < -0.4 is 5.73 Å². The first-order chi connectivity index (χ1) is 6.60. The molecule has 1 saturated carbocycles. The van der Waals surface area contributed by atoms with Crippen LogP contribution in [0.2, 0.25) is 0 Å². The Hall–Kier alpha value is -0.570. The molecule has 1 rings (SSSR count). The third-order valence-electron chi connectivity index (χ3n) is 3.27. The van der Waals surface area contributed by atoms with Gasteiger partial charge in [-0.05, 0) is 25.8 Å². The van der Waals surface area contributed by atoms with Crippen LogP contribution in [-0.2, 0) is 4.79 Å². The zero-order chi connectivity index (χ0) is 10.6. The minimum atomic E-state index is -0.0800. The van der Waals surface area contributed by atoms with Crippen LogP contribution >= 0.6 is 0 Å². The number of carbonyl (C=O) groups excluding carboxylic acids is 1. The van der Waals surface area contributed by atoms with E-state index in [1.807, 2.05) is 11.9 Å². The Balaban J connectivity index is 2.46. The fourth-order valence-electron chi connectivity index (χ4n) is 2.26. The molecule has 3 heteroatoms. The Morgan fingerprint density at radius 1 is 1.43 bits per heavy atom. The maximum Gasteiger partial charge on any atom is 0.228 e. The molecule has 14 heavy (non-hydrogen) atoms. The number of nitrogens with zero attached hydrogens (tertiary/aromatic N) is 1. The number of nitrogens with two attached hydrogens (primary N) is 1. The first-order valence-electron chi connectivity index (χ1n) is 5.56. The van der Waals surface area contributed by atoms with E-state index in [1.54, 1.807) is 0 Å². The first-order valence-corrected chi connectivity index (χ1v) is 5.56. The summed E-state index contributed by atoms with van der Waals surface area (Å²) in [5.74, 6) is 0.309. The Morgan fingerprint density at radius 2 is 2.00 bits per heavy atom. The lowest BCUT2D eigenvalue weighted by molar-refractivity contribution is -0.139. The summed E-state index contributed by atoms with van der Waals surface area (Å²) in [7, 11) is 1.89. The summed E-state index contributed by atoms with van der Waals surface area (Å²) in [6.45, 7) is 3.56. The smallest absolute Gasteiger partial charge is 0.228 e. The second-order valence-electron chi connectivity index (χ2n) is 4.64. The van der Waals surface area contributed by atoms with Gasteiger partial charge in [0.25, 0.3) is 0 Å². The Morgan fingerprint density at radius 3 is 2.50 bits per heavy atom. The molecule has 0 aliphatic heterocycles. The molecule has 2 N–H and O–H groups in total. The molecular formula is C11H22N2O. The van der Waals surface area contributed by atoms with E-state index in [2.05, 4.69) is 6.92 Å². The van der Waals surface area contributed by atoms with Crippen molar-refractivity contribution in [2.45, 2.75) is 39.0 Å². The van der Waals surface area contributed by atoms with Gasteiger partial charge < -0.3 is 10.6 Å². The standard InChI is InChI=1S/C11H22N2O/c1-11(6-3-4-7-11)10(14)13(2)9-5-8-12/h3-9,12H2,1-2H3. The van der Waals surface area contributed by atoms with Crippen LogP contribution in [0.3, 0.4) is 0 Å². The fourth-order valence-corrected chi connectivity index (χ4v) is 2.26. The van der Waals surface area contributed by atoms with E-state index in [9.17, 15) is 4.79 Å². The van der Waals surface area contributed by atoms with Crippen molar-refractivity contribution < 1.29 is 4.79 Å². The number of hydrogen-bond donors (Lipinski definition) is 1. The van der Waals surface area contributed by atoms with Crippen molar-refractivity contribution in [3.63, 3.8) is 0 Å². The van der Waals surface area contributed by atoms with E-state index in [0.29, 0.717) is 12.5 Å². The van der Waals surface area contributed by atoms with Gasteiger partial charge >= 0.3 is 0 Å². The summed E-state index contributed by atoms with van der Waals surface area (Å²) in [4.78, 5) is 13.9. The van der Waals surface area contributed by atoms with Crippen molar-refractivity contribution in [1.29, 1.82) is 0 Å². The van der Waals surface area contributed by atoms with E-state index in [1.165, 1.54) is 12.8 Å². The van der Waals surface area contributed by atoms with E-state index < -0.39 is 0 Å². The quantitative estimate of drug-likeness (QED) is 0.741. The molecule has 0 aromatic carbocycles. The average Bonchev–Trinajstić information content (AvgIpc) is 2.61. The normalized spacial score (nSPS) is 19.6. The minimum absolute atomic E-state index is 0.0800. The number of carbonyl (C=O) groups is 1. The molecule has 0 aromatic rings. The van der Waals surface area contributed by atoms with Gasteiger partial charge in [-0.15, -0.1) is 0 Å². The third-order valence-corrected chi connectivity index (χ3v) is 3.27. The van der Waals surface area contributed by atoms with Crippen molar-refractivity contribution in [1.82, 2.24) is 4.90 Å². The lowest BCUT2D eigenvalue weighted by Crippen LogP contribution is -2.39. The highest BCUT2D eigenvalue weighted by Crippen LogP contribution is 2.38. The molecule has 0 radical (unpaired) electrons. The minimum Gasteiger partial charge on any atom is -0.345 e. The van der Waals surface area contributed by atoms with Gasteiger partial charge in [-0.25, -0.2) is 0 Å². The zero-order valence-corrected chi connectivity index (χ0v) is 9.38. The van der Waals surface area contributed by atoms with Crippen LogP contribution in [0.5, 0.6) is 0 Å². The SMILES string of the molecule is CN(CCCN)C(=O)C1(C)CCCC1. The molecular weight excluding hydrogens is 176 g/mol. The number of hydrogen-bond acceptors (Lipinski definition) is 2. The van der Waals surface area contributed by atoms with Crippen LogP contribution in [-0.4, -0.2) is 30.9 Å². The van der Waals surface area contributed by atoms with Crippen LogP contribution in [0.4, 0.5) is 0 Å². The van der Waals surface area contributed by atoms with E-state index >= 15 is 0 Å². The maximum atomic E-state index is 12.1. The van der Waals surface area contributed by atoms with Crippen molar-refractivity contribution in [2.75, 3.05) is 20.1 Å². The summed E-state index contributed by atoms with van der Waals surface area (Å²) in [5.41, 5.74) is 5.35. The van der Waals surface area contributed by atoms with Crippen LogP contribution in [0.1, 0.15) is 39.0 Å². The van der Waals surface area contributed by atoms with E-state index in [0.717, 1.165) is 25.8 Å². The molecule has 0 unspecified atom stereocenters. The molecule has 0 heterocycles. The molecule has 1 fully saturated rings. The van der Waals surface area contributed by atoms with Gasteiger partial charge in [-0.1, -0.05) is 19.8 Å². The zero-order valence-electron chi connectivity index (χ0n) is 9.38. The van der Waals surface area contributed by atoms with Gasteiger partial charge in [0.2, 0.25) is 5.91 Å². The predicted octanol–water partition coefficient (Wildman–Crippen LogP) is 1.37. The summed E-state index contributed by atoms with van der Waals surface area (Å²) < 4.78 is 0. The Bertz CT molecular complexity index is 197. The lowest BCUT2D eigenvalue weighted by atomic mass is 9.87. The fraction of sp³-hybridized carbons (Fsp3) is 0.909. The topological polar surface area (TPSA) is 46.3 Å². The van der Waals surface area contributed by atoms with E-state index in [-0.39, 0.29) is 5.41 Å². The molecule has 0 bridgehead atoms. The summed E-state index contributed by atoms with van der Waals surface area (Å²) in [5, 5.41) is 0. The van der Waals surface area contributed by atoms with Crippen LogP contribution in [0.25, 0.3) is 0 Å². The van der Waals surface area contributed by atoms with E-state index in [4.69, 9.17) is 5.73 Å². The van der Waals surface area contributed by atoms with Gasteiger partial charge in [0.1, 0.15) is 0 Å². The first kappa shape index (κ1) is 11.5. The monoisotopic (exact) mass is 198 g/mol. The van der Waals surface area contributed by atoms with Gasteiger partial charge in [-0.2, -0.15) is 0 Å². The molecule has 0 spiro atoms. The van der Waals surface area contributed by atoms with Crippen LogP contribution in [0.15, 0.2) is 0 Å². The largest absolute Gasteiger partial charge is 0.345 e. The molecule has 0 aromatic heterocycles. The molecule has 3 nitrogen and oxygen atoms in total. The van der Waals surface area contributed by atoms with Gasteiger partial charge in [0.05, 0.1) is 0 Å². The molecule has 0 atom stereocenters. The maximum absolute atomic E-state index is 12.1. The van der Waals surface area contributed by atoms with Gasteiger partial charge in [0.15, 0.2) is 0 Å². The van der Waals surface area contributed by atoms with Crippen LogP contribution in [0, 0.1) is 5.41 Å². The van der Waals surface area contributed by atoms with Crippen molar-refractivity contribution in [3.05, 3.63) is 0 Å². The van der Waals surface area contributed by atoms with Crippen molar-refractivity contribution in [3.8, 4) is 0 Å². The molecule has 82 valence electrons. The highest BCUT2D eigenvalue weighted by molar-refractivity contribution is 5.82. The van der Waals surface area contributed by atoms with Gasteiger partial charge in [-0.3, -0.25) is 4.79 Å². The highest BCUT2D eigenvalue weighted by Gasteiger charge is 2.37. The van der Waals surface area contributed by atoms with Gasteiger partial charge in [0, 0.05) is 19.0 Å². The average molecular weight is 198 g/mol. The Kier molecular flexibility index (Phi) is 3.93. The second kappa shape index (κ2) is 4.78. The Labute approximate surface area is 86.6 Å². The predicted molar refractivity (Wildman–Crippen MR) is 57.9 cm³/mol. The summed E-state index contributed by atoms with van der Waals surface area (Å²) in [6.07, 6.45) is 5.41. The summed E-state index contributed by atoms with van der Waals surface area (Å²) >= 11 is 0. The van der Waals surface area contributed by atoms with Crippen molar-refractivity contribution in [2.24, 2.45) is 11.1 Å².